The van der Waals surface area contributed by atoms with E-state index in [1.165, 1.54) is 23.5 Å². The Labute approximate surface area is 127 Å². The second-order valence-corrected chi connectivity index (χ2v) is 6.94. The predicted molar refractivity (Wildman–Crippen MR) is 83.1 cm³/mol. The van der Waals surface area contributed by atoms with E-state index < -0.39 is 10.0 Å². The van der Waals surface area contributed by atoms with Crippen LogP contribution in [-0.2, 0) is 10.0 Å². The van der Waals surface area contributed by atoms with Crippen molar-refractivity contribution in [2.75, 3.05) is 11.4 Å². The number of aromatic nitrogens is 2. The first kappa shape index (κ1) is 13.9. The molecule has 0 saturated carbocycles. The SMILES string of the molecule is CN(c1ccc2nc[nH]c2c1)S(=O)(=O)c1ccc(Cl)cc1. The lowest BCUT2D eigenvalue weighted by Gasteiger charge is -2.19. The number of rotatable bonds is 3. The summed E-state index contributed by atoms with van der Waals surface area (Å²) >= 11 is 5.79. The Morgan fingerprint density at radius 1 is 1.14 bits per heavy atom. The lowest BCUT2D eigenvalue weighted by molar-refractivity contribution is 0.594. The van der Waals surface area contributed by atoms with E-state index in [0.717, 1.165) is 11.0 Å². The fraction of sp³-hybridized carbons (Fsp3) is 0.0714. The Morgan fingerprint density at radius 3 is 2.57 bits per heavy atom. The summed E-state index contributed by atoms with van der Waals surface area (Å²) in [5, 5.41) is 0.496. The summed E-state index contributed by atoms with van der Waals surface area (Å²) in [6.07, 6.45) is 1.57. The van der Waals surface area contributed by atoms with Gasteiger partial charge in [-0.2, -0.15) is 0 Å². The van der Waals surface area contributed by atoms with Crippen LogP contribution in [0.4, 0.5) is 5.69 Å². The number of fused-ring (bicyclic) bond motifs is 1. The number of H-pyrrole nitrogens is 1. The molecule has 0 spiro atoms. The first-order valence-electron chi connectivity index (χ1n) is 6.16. The molecular formula is C14H12ClN3O2S. The van der Waals surface area contributed by atoms with Gasteiger partial charge in [0.2, 0.25) is 0 Å². The van der Waals surface area contributed by atoms with Crippen LogP contribution >= 0.6 is 11.6 Å². The third kappa shape index (κ3) is 2.48. The van der Waals surface area contributed by atoms with Crippen LogP contribution in [0.3, 0.4) is 0 Å². The number of nitrogens with one attached hydrogen (secondary N) is 1. The maximum atomic E-state index is 12.6. The summed E-state index contributed by atoms with van der Waals surface area (Å²) in [4.78, 5) is 7.27. The maximum Gasteiger partial charge on any atom is 0.264 e. The molecule has 0 fully saturated rings. The van der Waals surface area contributed by atoms with E-state index >= 15 is 0 Å². The average molecular weight is 322 g/mol. The van der Waals surface area contributed by atoms with Crippen molar-refractivity contribution in [2.45, 2.75) is 4.90 Å². The summed E-state index contributed by atoms with van der Waals surface area (Å²) in [5.41, 5.74) is 2.13. The van der Waals surface area contributed by atoms with E-state index in [2.05, 4.69) is 9.97 Å². The number of hydrogen-bond donors (Lipinski definition) is 1. The lowest BCUT2D eigenvalue weighted by Crippen LogP contribution is -2.26. The molecule has 3 aromatic rings. The highest BCUT2D eigenvalue weighted by atomic mass is 35.5. The molecule has 3 rings (SSSR count). The molecule has 7 heteroatoms. The molecule has 1 aromatic heterocycles. The minimum atomic E-state index is -3.62. The van der Waals surface area contributed by atoms with Crippen molar-refractivity contribution in [3.05, 3.63) is 53.8 Å². The van der Waals surface area contributed by atoms with Crippen LogP contribution in [0.25, 0.3) is 11.0 Å². The molecule has 1 heterocycles. The van der Waals surface area contributed by atoms with E-state index in [0.29, 0.717) is 10.7 Å². The van der Waals surface area contributed by atoms with Gasteiger partial charge in [0.1, 0.15) is 0 Å². The van der Waals surface area contributed by atoms with Crippen LogP contribution in [0, 0.1) is 0 Å². The number of halogens is 1. The smallest absolute Gasteiger partial charge is 0.264 e. The van der Waals surface area contributed by atoms with Crippen LogP contribution in [0.2, 0.25) is 5.02 Å². The van der Waals surface area contributed by atoms with Crippen molar-refractivity contribution in [2.24, 2.45) is 0 Å². The molecule has 0 aliphatic carbocycles. The standard InChI is InChI=1S/C14H12ClN3O2S/c1-18(11-4-7-13-14(8-11)17-9-16-13)21(19,20)12-5-2-10(15)3-6-12/h2-9H,1H3,(H,16,17). The van der Waals surface area contributed by atoms with Gasteiger partial charge < -0.3 is 4.98 Å². The van der Waals surface area contributed by atoms with E-state index in [-0.39, 0.29) is 4.90 Å². The molecule has 2 aromatic carbocycles. The Hall–Kier alpha value is -2.05. The second kappa shape index (κ2) is 5.05. The Kier molecular flexibility index (Phi) is 3.35. The summed E-state index contributed by atoms with van der Waals surface area (Å²) < 4.78 is 26.4. The fourth-order valence-corrected chi connectivity index (χ4v) is 3.34. The fourth-order valence-electron chi connectivity index (χ4n) is 2.02. The molecule has 21 heavy (non-hydrogen) atoms. The van der Waals surface area contributed by atoms with Crippen molar-refractivity contribution >= 4 is 38.3 Å². The monoisotopic (exact) mass is 321 g/mol. The third-order valence-corrected chi connectivity index (χ3v) is 5.29. The van der Waals surface area contributed by atoms with Gasteiger partial charge in [0.25, 0.3) is 10.0 Å². The Bertz CT molecular complexity index is 888. The van der Waals surface area contributed by atoms with Gasteiger partial charge in [-0.25, -0.2) is 13.4 Å². The molecule has 108 valence electrons. The molecule has 0 atom stereocenters. The molecule has 0 amide bonds. The molecule has 5 nitrogen and oxygen atoms in total. The lowest BCUT2D eigenvalue weighted by atomic mass is 10.3. The highest BCUT2D eigenvalue weighted by Crippen LogP contribution is 2.25. The van der Waals surface area contributed by atoms with Crippen molar-refractivity contribution in [1.82, 2.24) is 9.97 Å². The Balaban J connectivity index is 2.03. The van der Waals surface area contributed by atoms with Gasteiger partial charge in [0, 0.05) is 12.1 Å². The predicted octanol–water partition coefficient (Wildman–Crippen LogP) is 3.04. The number of benzene rings is 2. The van der Waals surface area contributed by atoms with E-state index in [1.54, 1.807) is 36.7 Å². The normalized spacial score (nSPS) is 11.7. The molecule has 0 aliphatic rings. The number of aromatic amines is 1. The van der Waals surface area contributed by atoms with Crippen molar-refractivity contribution in [1.29, 1.82) is 0 Å². The summed E-state index contributed by atoms with van der Waals surface area (Å²) in [7, 11) is -2.10. The van der Waals surface area contributed by atoms with E-state index in [9.17, 15) is 8.42 Å². The van der Waals surface area contributed by atoms with Gasteiger partial charge >= 0.3 is 0 Å². The highest BCUT2D eigenvalue weighted by molar-refractivity contribution is 7.92. The number of hydrogen-bond acceptors (Lipinski definition) is 3. The zero-order valence-electron chi connectivity index (χ0n) is 11.1. The van der Waals surface area contributed by atoms with Crippen LogP contribution in [0.1, 0.15) is 0 Å². The molecule has 0 saturated heterocycles. The molecular weight excluding hydrogens is 310 g/mol. The minimum Gasteiger partial charge on any atom is -0.345 e. The van der Waals surface area contributed by atoms with Crippen LogP contribution in [0.5, 0.6) is 0 Å². The first-order valence-corrected chi connectivity index (χ1v) is 7.98. The number of nitrogens with zero attached hydrogens (tertiary/aromatic N) is 2. The summed E-state index contributed by atoms with van der Waals surface area (Å²) in [6, 6.07) is 11.3. The molecule has 0 aliphatic heterocycles. The topological polar surface area (TPSA) is 66.1 Å². The molecule has 0 unspecified atom stereocenters. The molecule has 0 bridgehead atoms. The largest absolute Gasteiger partial charge is 0.345 e. The first-order chi connectivity index (χ1) is 9.98. The van der Waals surface area contributed by atoms with Gasteiger partial charge in [-0.15, -0.1) is 0 Å². The van der Waals surface area contributed by atoms with Crippen LogP contribution in [0.15, 0.2) is 53.7 Å². The zero-order valence-corrected chi connectivity index (χ0v) is 12.7. The van der Waals surface area contributed by atoms with Gasteiger partial charge in [-0.3, -0.25) is 4.31 Å². The van der Waals surface area contributed by atoms with Gasteiger partial charge in [0.05, 0.1) is 27.9 Å². The van der Waals surface area contributed by atoms with Gasteiger partial charge in [-0.05, 0) is 42.5 Å². The van der Waals surface area contributed by atoms with Crippen LogP contribution < -0.4 is 4.31 Å². The maximum absolute atomic E-state index is 12.6. The highest BCUT2D eigenvalue weighted by Gasteiger charge is 2.21. The van der Waals surface area contributed by atoms with E-state index in [4.69, 9.17) is 11.6 Å². The summed E-state index contributed by atoms with van der Waals surface area (Å²) in [6.45, 7) is 0. The van der Waals surface area contributed by atoms with Gasteiger partial charge in [-0.1, -0.05) is 11.6 Å². The Morgan fingerprint density at radius 2 is 1.86 bits per heavy atom. The van der Waals surface area contributed by atoms with Crippen molar-refractivity contribution in [3.8, 4) is 0 Å². The van der Waals surface area contributed by atoms with Crippen molar-refractivity contribution in [3.63, 3.8) is 0 Å². The van der Waals surface area contributed by atoms with E-state index in [1.807, 2.05) is 0 Å². The van der Waals surface area contributed by atoms with Crippen LogP contribution in [-0.4, -0.2) is 25.4 Å². The molecule has 1 N–H and O–H groups in total. The molecule has 0 radical (unpaired) electrons. The quantitative estimate of drug-likeness (QED) is 0.806. The van der Waals surface area contributed by atoms with Crippen molar-refractivity contribution < 1.29 is 8.42 Å². The van der Waals surface area contributed by atoms with Gasteiger partial charge in [0.15, 0.2) is 0 Å². The number of sulfonamides is 1. The number of anilines is 1. The minimum absolute atomic E-state index is 0.194. The third-order valence-electron chi connectivity index (χ3n) is 3.24. The number of imidazole rings is 1. The average Bonchev–Trinajstić information content (AvgIpc) is 2.94. The summed E-state index contributed by atoms with van der Waals surface area (Å²) in [5.74, 6) is 0. The second-order valence-electron chi connectivity index (χ2n) is 4.53. The zero-order chi connectivity index (χ0) is 15.0.